The highest BCUT2D eigenvalue weighted by molar-refractivity contribution is 5.76. The van der Waals surface area contributed by atoms with E-state index in [0.29, 0.717) is 0 Å². The van der Waals surface area contributed by atoms with Crippen LogP contribution in [-0.4, -0.2) is 5.91 Å². The minimum absolute atomic E-state index is 0.0311. The van der Waals surface area contributed by atoms with E-state index < -0.39 is 0 Å². The summed E-state index contributed by atoms with van der Waals surface area (Å²) in [5.41, 5.74) is 6.79. The van der Waals surface area contributed by atoms with Crippen LogP contribution in [0.3, 0.4) is 0 Å². The molecule has 2 N–H and O–H groups in total. The van der Waals surface area contributed by atoms with Crippen molar-refractivity contribution in [2.75, 3.05) is 0 Å². The van der Waals surface area contributed by atoms with Crippen LogP contribution in [0.4, 0.5) is 0 Å². The molecule has 0 spiro atoms. The number of hydrogen-bond donors (Lipinski definition) is 1. The summed E-state index contributed by atoms with van der Waals surface area (Å²) in [6.45, 7) is 2.24. The Morgan fingerprint density at radius 1 is 0.889 bits per heavy atom. The average Bonchev–Trinajstić information content (AvgIpc) is 2.68. The summed E-state index contributed by atoms with van der Waals surface area (Å²) in [6.07, 6.45) is 23.0. The van der Waals surface area contributed by atoms with Gasteiger partial charge in [-0.1, -0.05) is 93.7 Å². The molecule has 0 aliphatic rings. The molecule has 1 atom stereocenters. The fourth-order valence-electron chi connectivity index (χ4n) is 3.27. The number of amides is 1. The quantitative estimate of drug-likeness (QED) is 0.254. The Morgan fingerprint density at radius 3 is 2.15 bits per heavy atom. The second-order valence-corrected chi connectivity index (χ2v) is 7.45. The minimum atomic E-state index is -0.162. The van der Waals surface area contributed by atoms with E-state index in [4.69, 9.17) is 5.73 Å². The second kappa shape index (κ2) is 16.4. The molecule has 1 amide bonds. The molecule has 0 aliphatic carbocycles. The van der Waals surface area contributed by atoms with E-state index in [1.807, 2.05) is 18.2 Å². The fraction of sp³-hybridized carbons (Fsp3) is 0.560. The van der Waals surface area contributed by atoms with Crippen molar-refractivity contribution >= 4 is 5.91 Å². The molecule has 0 radical (unpaired) electrons. The summed E-state index contributed by atoms with van der Waals surface area (Å²) in [7, 11) is 0. The standard InChI is InChI=1S/C25H39NO/c1-2-3-4-5-6-7-8-9-10-11-12-13-14-18-21-24(25(26)27)22-23-19-16-15-17-20-23/h6-7,9-10,15-17,19-20,24H,2-5,8,11-14,18,21-22H2,1H3,(H2,26,27)/b7-6-,10-9-. The number of unbranched alkanes of at least 4 members (excludes halogenated alkanes) is 7. The Balaban J connectivity index is 2.03. The molecule has 0 heterocycles. The number of benzene rings is 1. The minimum Gasteiger partial charge on any atom is -0.369 e. The number of rotatable bonds is 16. The molecule has 0 aliphatic heterocycles. The van der Waals surface area contributed by atoms with Gasteiger partial charge in [-0.15, -0.1) is 0 Å². The fourth-order valence-corrected chi connectivity index (χ4v) is 3.27. The first-order chi connectivity index (χ1) is 13.2. The first-order valence-corrected chi connectivity index (χ1v) is 10.9. The highest BCUT2D eigenvalue weighted by atomic mass is 16.1. The van der Waals surface area contributed by atoms with Crippen LogP contribution in [0.2, 0.25) is 0 Å². The zero-order valence-corrected chi connectivity index (χ0v) is 17.2. The largest absolute Gasteiger partial charge is 0.369 e. The van der Waals surface area contributed by atoms with E-state index in [9.17, 15) is 4.79 Å². The Hall–Kier alpha value is -1.83. The van der Waals surface area contributed by atoms with E-state index in [2.05, 4.69) is 43.4 Å². The molecule has 1 aromatic carbocycles. The van der Waals surface area contributed by atoms with Crippen LogP contribution in [0.25, 0.3) is 0 Å². The van der Waals surface area contributed by atoms with Gasteiger partial charge in [0, 0.05) is 5.92 Å². The van der Waals surface area contributed by atoms with Gasteiger partial charge in [-0.05, 0) is 50.5 Å². The average molecular weight is 370 g/mol. The molecule has 1 aromatic rings. The van der Waals surface area contributed by atoms with Crippen molar-refractivity contribution in [2.45, 2.75) is 84.0 Å². The van der Waals surface area contributed by atoms with E-state index >= 15 is 0 Å². The van der Waals surface area contributed by atoms with Crippen molar-refractivity contribution in [1.29, 1.82) is 0 Å². The second-order valence-electron chi connectivity index (χ2n) is 7.45. The van der Waals surface area contributed by atoms with E-state index in [1.54, 1.807) is 0 Å². The highest BCUT2D eigenvalue weighted by Gasteiger charge is 2.15. The van der Waals surface area contributed by atoms with E-state index in [1.165, 1.54) is 50.5 Å². The molecule has 1 rings (SSSR count). The van der Waals surface area contributed by atoms with E-state index in [-0.39, 0.29) is 11.8 Å². The normalized spacial score (nSPS) is 12.8. The smallest absolute Gasteiger partial charge is 0.220 e. The third-order valence-electron chi connectivity index (χ3n) is 4.98. The predicted octanol–water partition coefficient (Wildman–Crippen LogP) is 6.75. The lowest BCUT2D eigenvalue weighted by molar-refractivity contribution is -0.122. The Bertz CT molecular complexity index is 533. The molecule has 0 aromatic heterocycles. The number of allylic oxidation sites excluding steroid dienone is 4. The van der Waals surface area contributed by atoms with Gasteiger partial charge in [0.25, 0.3) is 0 Å². The van der Waals surface area contributed by atoms with Gasteiger partial charge in [-0.3, -0.25) is 4.79 Å². The maximum absolute atomic E-state index is 11.7. The molecule has 0 saturated carbocycles. The Kier molecular flexibility index (Phi) is 14.1. The number of hydrogen-bond acceptors (Lipinski definition) is 1. The van der Waals surface area contributed by atoms with Crippen molar-refractivity contribution < 1.29 is 4.79 Å². The first kappa shape index (κ1) is 23.2. The number of carbonyl (C=O) groups is 1. The molecule has 27 heavy (non-hydrogen) atoms. The van der Waals surface area contributed by atoms with Gasteiger partial charge in [0.05, 0.1) is 0 Å². The summed E-state index contributed by atoms with van der Waals surface area (Å²) >= 11 is 0. The zero-order valence-electron chi connectivity index (χ0n) is 17.2. The lowest BCUT2D eigenvalue weighted by atomic mass is 9.93. The highest BCUT2D eigenvalue weighted by Crippen LogP contribution is 2.17. The summed E-state index contributed by atoms with van der Waals surface area (Å²) in [5.74, 6) is -0.194. The van der Waals surface area contributed by atoms with Gasteiger partial charge in [-0.2, -0.15) is 0 Å². The van der Waals surface area contributed by atoms with Crippen LogP contribution in [-0.2, 0) is 11.2 Å². The molecule has 1 unspecified atom stereocenters. The maximum Gasteiger partial charge on any atom is 0.220 e. The van der Waals surface area contributed by atoms with Crippen molar-refractivity contribution in [2.24, 2.45) is 11.7 Å². The van der Waals surface area contributed by atoms with Gasteiger partial charge >= 0.3 is 0 Å². The van der Waals surface area contributed by atoms with Gasteiger partial charge in [0.1, 0.15) is 0 Å². The van der Waals surface area contributed by atoms with Crippen LogP contribution in [0.5, 0.6) is 0 Å². The number of carbonyl (C=O) groups excluding carboxylic acids is 1. The lowest BCUT2D eigenvalue weighted by Gasteiger charge is -2.13. The topological polar surface area (TPSA) is 43.1 Å². The molecular weight excluding hydrogens is 330 g/mol. The molecule has 150 valence electrons. The van der Waals surface area contributed by atoms with Crippen LogP contribution in [0, 0.1) is 5.92 Å². The van der Waals surface area contributed by atoms with Crippen LogP contribution >= 0.6 is 0 Å². The maximum atomic E-state index is 11.7. The van der Waals surface area contributed by atoms with Crippen LogP contribution in [0.15, 0.2) is 54.6 Å². The van der Waals surface area contributed by atoms with Crippen molar-refractivity contribution in [3.05, 3.63) is 60.2 Å². The molecule has 0 saturated heterocycles. The number of primary amides is 1. The van der Waals surface area contributed by atoms with Crippen LogP contribution in [0.1, 0.15) is 83.1 Å². The summed E-state index contributed by atoms with van der Waals surface area (Å²) in [6, 6.07) is 10.2. The molecule has 2 heteroatoms. The van der Waals surface area contributed by atoms with Crippen LogP contribution < -0.4 is 5.73 Å². The molecular formula is C25H39NO. The van der Waals surface area contributed by atoms with Gasteiger partial charge < -0.3 is 5.73 Å². The van der Waals surface area contributed by atoms with E-state index in [0.717, 1.165) is 32.1 Å². The van der Waals surface area contributed by atoms with Crippen molar-refractivity contribution in [1.82, 2.24) is 0 Å². The monoisotopic (exact) mass is 369 g/mol. The summed E-state index contributed by atoms with van der Waals surface area (Å²) in [4.78, 5) is 11.7. The first-order valence-electron chi connectivity index (χ1n) is 10.9. The summed E-state index contributed by atoms with van der Waals surface area (Å²) in [5, 5.41) is 0. The Labute approximate surface area is 166 Å². The summed E-state index contributed by atoms with van der Waals surface area (Å²) < 4.78 is 0. The van der Waals surface area contributed by atoms with Gasteiger partial charge in [-0.25, -0.2) is 0 Å². The SMILES string of the molecule is CCCCC/C=C\C/C=C\CCCCCCC(Cc1ccccc1)C(N)=O. The molecule has 0 fully saturated rings. The lowest BCUT2D eigenvalue weighted by Crippen LogP contribution is -2.25. The Morgan fingerprint density at radius 2 is 1.52 bits per heavy atom. The predicted molar refractivity (Wildman–Crippen MR) is 118 cm³/mol. The number of nitrogens with two attached hydrogens (primary N) is 1. The third-order valence-corrected chi connectivity index (χ3v) is 4.98. The van der Waals surface area contributed by atoms with Gasteiger partial charge in [0.15, 0.2) is 0 Å². The van der Waals surface area contributed by atoms with Crippen molar-refractivity contribution in [3.8, 4) is 0 Å². The molecule has 0 bridgehead atoms. The van der Waals surface area contributed by atoms with Gasteiger partial charge in [0.2, 0.25) is 5.91 Å². The third kappa shape index (κ3) is 13.1. The zero-order chi connectivity index (χ0) is 19.6. The molecule has 2 nitrogen and oxygen atoms in total. The van der Waals surface area contributed by atoms with Crippen molar-refractivity contribution in [3.63, 3.8) is 0 Å².